The lowest BCUT2D eigenvalue weighted by molar-refractivity contribution is 0.0253. The van der Waals surface area contributed by atoms with Crippen LogP contribution in [0.4, 0.5) is 5.82 Å². The second-order valence-electron chi connectivity index (χ2n) is 6.55. The Labute approximate surface area is 147 Å². The number of pyridine rings is 1. The van der Waals surface area contributed by atoms with Gasteiger partial charge in [-0.05, 0) is 31.4 Å². The van der Waals surface area contributed by atoms with Crippen molar-refractivity contribution >= 4 is 11.7 Å². The van der Waals surface area contributed by atoms with Crippen molar-refractivity contribution in [3.8, 4) is 0 Å². The standard InChI is InChI=1S/C18H24N4O3/c1-2-6-14-11-15(21-25-14)17(23)20-12-18(24)8-5-10-22(13-18)16-7-3-4-9-19-16/h3-4,7,9,11,24H,2,5-6,8,10,12-13H2,1H3,(H,20,23)/t18-/m0/s1. The van der Waals surface area contributed by atoms with E-state index in [1.54, 1.807) is 12.3 Å². The van der Waals surface area contributed by atoms with Crippen molar-refractivity contribution in [3.05, 3.63) is 41.9 Å². The van der Waals surface area contributed by atoms with E-state index in [1.165, 1.54) is 0 Å². The smallest absolute Gasteiger partial charge is 0.273 e. The van der Waals surface area contributed by atoms with Gasteiger partial charge in [-0.25, -0.2) is 4.98 Å². The van der Waals surface area contributed by atoms with E-state index in [-0.39, 0.29) is 18.1 Å². The third kappa shape index (κ3) is 4.36. The molecule has 0 radical (unpaired) electrons. The van der Waals surface area contributed by atoms with Gasteiger partial charge in [-0.3, -0.25) is 4.79 Å². The molecule has 0 spiro atoms. The molecular formula is C18H24N4O3. The molecule has 1 aliphatic rings. The third-order valence-electron chi connectivity index (χ3n) is 4.39. The molecule has 2 aromatic heterocycles. The minimum absolute atomic E-state index is 0.172. The van der Waals surface area contributed by atoms with Gasteiger partial charge in [0.15, 0.2) is 5.69 Å². The molecule has 0 bridgehead atoms. The summed E-state index contributed by atoms with van der Waals surface area (Å²) in [5.41, 5.74) is -0.731. The molecule has 2 aromatic rings. The number of β-amino-alcohol motifs (C(OH)–C–C–N with tert-alkyl or cyclic N) is 1. The van der Waals surface area contributed by atoms with E-state index in [9.17, 15) is 9.90 Å². The van der Waals surface area contributed by atoms with E-state index in [0.29, 0.717) is 18.7 Å². The summed E-state index contributed by atoms with van der Waals surface area (Å²) in [6.07, 6.45) is 4.90. The van der Waals surface area contributed by atoms with Crippen molar-refractivity contribution in [2.24, 2.45) is 0 Å². The van der Waals surface area contributed by atoms with Crippen molar-refractivity contribution in [3.63, 3.8) is 0 Å². The normalized spacial score (nSPS) is 20.5. The first kappa shape index (κ1) is 17.4. The van der Waals surface area contributed by atoms with Crippen LogP contribution in [0.25, 0.3) is 0 Å². The lowest BCUT2D eigenvalue weighted by atomic mass is 9.92. The Kier molecular flexibility index (Phi) is 5.33. The minimum Gasteiger partial charge on any atom is -0.386 e. The maximum absolute atomic E-state index is 12.2. The maximum atomic E-state index is 12.2. The first-order valence-electron chi connectivity index (χ1n) is 8.72. The van der Waals surface area contributed by atoms with Crippen LogP contribution in [-0.2, 0) is 6.42 Å². The number of nitrogens with zero attached hydrogens (tertiary/aromatic N) is 3. The van der Waals surface area contributed by atoms with E-state index < -0.39 is 5.60 Å². The van der Waals surface area contributed by atoms with Crippen molar-refractivity contribution in [1.29, 1.82) is 0 Å². The number of amides is 1. The molecule has 1 atom stereocenters. The Bertz CT molecular complexity index is 703. The zero-order chi connectivity index (χ0) is 17.7. The Balaban J connectivity index is 1.58. The van der Waals surface area contributed by atoms with E-state index in [0.717, 1.165) is 31.6 Å². The number of piperidine rings is 1. The summed E-state index contributed by atoms with van der Waals surface area (Å²) in [4.78, 5) is 18.6. The molecule has 0 saturated carbocycles. The zero-order valence-corrected chi connectivity index (χ0v) is 14.4. The summed E-state index contributed by atoms with van der Waals surface area (Å²) >= 11 is 0. The summed E-state index contributed by atoms with van der Waals surface area (Å²) in [7, 11) is 0. The number of hydrogen-bond acceptors (Lipinski definition) is 6. The van der Waals surface area contributed by atoms with Crippen LogP contribution < -0.4 is 10.2 Å². The molecule has 0 aromatic carbocycles. The summed E-state index contributed by atoms with van der Waals surface area (Å²) in [5, 5.41) is 17.4. The van der Waals surface area contributed by atoms with Gasteiger partial charge in [0, 0.05) is 38.3 Å². The molecule has 7 nitrogen and oxygen atoms in total. The molecule has 2 N–H and O–H groups in total. The van der Waals surface area contributed by atoms with Crippen LogP contribution >= 0.6 is 0 Å². The number of carbonyl (C=O) groups excluding carboxylic acids is 1. The Morgan fingerprint density at radius 1 is 1.48 bits per heavy atom. The second-order valence-corrected chi connectivity index (χ2v) is 6.55. The number of rotatable bonds is 6. The number of anilines is 1. The van der Waals surface area contributed by atoms with Crippen molar-refractivity contribution < 1.29 is 14.4 Å². The number of aliphatic hydroxyl groups is 1. The highest BCUT2D eigenvalue weighted by molar-refractivity contribution is 5.92. The molecule has 1 saturated heterocycles. The van der Waals surface area contributed by atoms with Crippen molar-refractivity contribution in [1.82, 2.24) is 15.5 Å². The van der Waals surface area contributed by atoms with Gasteiger partial charge in [-0.1, -0.05) is 18.1 Å². The molecule has 0 aliphatic carbocycles. The molecule has 1 amide bonds. The molecule has 134 valence electrons. The second kappa shape index (κ2) is 7.65. The van der Waals surface area contributed by atoms with Crippen LogP contribution in [0.3, 0.4) is 0 Å². The molecule has 3 heterocycles. The summed E-state index contributed by atoms with van der Waals surface area (Å²) in [6.45, 7) is 3.49. The SMILES string of the molecule is CCCc1cc(C(=O)NC[C@@]2(O)CCCN(c3ccccn3)C2)no1. The fraction of sp³-hybridized carbons (Fsp3) is 0.500. The van der Waals surface area contributed by atoms with Gasteiger partial charge >= 0.3 is 0 Å². The number of aromatic nitrogens is 2. The van der Waals surface area contributed by atoms with Crippen LogP contribution in [0.5, 0.6) is 0 Å². The van der Waals surface area contributed by atoms with E-state index in [4.69, 9.17) is 4.52 Å². The highest BCUT2D eigenvalue weighted by atomic mass is 16.5. The van der Waals surface area contributed by atoms with Gasteiger partial charge in [0.05, 0.1) is 5.60 Å². The van der Waals surface area contributed by atoms with Crippen molar-refractivity contribution in [2.75, 3.05) is 24.5 Å². The monoisotopic (exact) mass is 344 g/mol. The topological polar surface area (TPSA) is 91.5 Å². The van der Waals surface area contributed by atoms with Gasteiger partial charge in [-0.2, -0.15) is 0 Å². The molecule has 0 unspecified atom stereocenters. The molecule has 7 heteroatoms. The largest absolute Gasteiger partial charge is 0.386 e. The number of nitrogens with one attached hydrogen (secondary N) is 1. The van der Waals surface area contributed by atoms with Gasteiger partial charge < -0.3 is 19.8 Å². The minimum atomic E-state index is -0.985. The average Bonchev–Trinajstić information content (AvgIpc) is 3.10. The summed E-state index contributed by atoms with van der Waals surface area (Å²) in [5.74, 6) is 1.22. The fourth-order valence-corrected chi connectivity index (χ4v) is 3.11. The first-order chi connectivity index (χ1) is 12.1. The highest BCUT2D eigenvalue weighted by Crippen LogP contribution is 2.24. The molecule has 25 heavy (non-hydrogen) atoms. The number of hydrogen-bond donors (Lipinski definition) is 2. The van der Waals surface area contributed by atoms with Crippen LogP contribution in [0, 0.1) is 0 Å². The lowest BCUT2D eigenvalue weighted by Gasteiger charge is -2.39. The highest BCUT2D eigenvalue weighted by Gasteiger charge is 2.34. The van der Waals surface area contributed by atoms with Crippen molar-refractivity contribution in [2.45, 2.75) is 38.2 Å². The predicted octanol–water partition coefficient (Wildman–Crippen LogP) is 1.78. The Morgan fingerprint density at radius 3 is 3.12 bits per heavy atom. The fourth-order valence-electron chi connectivity index (χ4n) is 3.11. The van der Waals surface area contributed by atoms with Gasteiger partial charge in [0.1, 0.15) is 11.6 Å². The van der Waals surface area contributed by atoms with Crippen LogP contribution in [-0.4, -0.2) is 46.4 Å². The molecule has 1 aliphatic heterocycles. The number of carbonyl (C=O) groups is 1. The van der Waals surface area contributed by atoms with Crippen LogP contribution in [0.1, 0.15) is 42.4 Å². The first-order valence-corrected chi connectivity index (χ1v) is 8.72. The van der Waals surface area contributed by atoms with Gasteiger partial charge in [0.25, 0.3) is 5.91 Å². The van der Waals surface area contributed by atoms with Gasteiger partial charge in [-0.15, -0.1) is 0 Å². The lowest BCUT2D eigenvalue weighted by Crippen LogP contribution is -2.54. The van der Waals surface area contributed by atoms with Crippen LogP contribution in [0.15, 0.2) is 35.0 Å². The molecule has 3 rings (SSSR count). The summed E-state index contributed by atoms with van der Waals surface area (Å²) < 4.78 is 5.13. The quantitative estimate of drug-likeness (QED) is 0.830. The van der Waals surface area contributed by atoms with Gasteiger partial charge in [0.2, 0.25) is 0 Å². The van der Waals surface area contributed by atoms with E-state index >= 15 is 0 Å². The van der Waals surface area contributed by atoms with E-state index in [1.807, 2.05) is 30.0 Å². The Hall–Kier alpha value is -2.41. The maximum Gasteiger partial charge on any atom is 0.273 e. The summed E-state index contributed by atoms with van der Waals surface area (Å²) in [6, 6.07) is 7.37. The van der Waals surface area contributed by atoms with Crippen LogP contribution in [0.2, 0.25) is 0 Å². The number of aryl methyl sites for hydroxylation is 1. The third-order valence-corrected chi connectivity index (χ3v) is 4.39. The zero-order valence-electron chi connectivity index (χ0n) is 14.4. The molecule has 1 fully saturated rings. The molecular weight excluding hydrogens is 320 g/mol. The predicted molar refractivity (Wildman–Crippen MR) is 93.5 cm³/mol. The average molecular weight is 344 g/mol. The van der Waals surface area contributed by atoms with E-state index in [2.05, 4.69) is 15.5 Å². The Morgan fingerprint density at radius 2 is 2.36 bits per heavy atom.